The average Bonchev–Trinajstić information content (AvgIpc) is 3.35. The summed E-state index contributed by atoms with van der Waals surface area (Å²) < 4.78 is 142. The molecule has 3 aliphatic heterocycles. The fourth-order valence-electron chi connectivity index (χ4n) is 7.08. The van der Waals surface area contributed by atoms with Crippen LogP contribution in [0.2, 0.25) is 10.0 Å². The SMILES string of the molecule is CCCCOc1c2n(cc(Cl)c1=O)N(C(=O)OC(C)(C)C)CN([C@H](C)C(F)(F)F)C2=O.CCCCOc1c2n(cc(Cl)c1=O)NCN([C@H](C)C(F)(F)F)C2=O.CCCCOc1c2n(ccc1=O)NCN([C@H](C)C(F)(F)F)C2=O. The largest absolute Gasteiger partial charge is 0.487 e. The van der Waals surface area contributed by atoms with Gasteiger partial charge in [0.1, 0.15) is 53.8 Å². The van der Waals surface area contributed by atoms with E-state index in [0.29, 0.717) is 40.4 Å². The fraction of sp³-hybridized carbons (Fsp3) is 0.596. The first-order valence-electron chi connectivity index (χ1n) is 24.3. The van der Waals surface area contributed by atoms with E-state index in [4.69, 9.17) is 42.1 Å². The number of ether oxygens (including phenoxy) is 4. The highest BCUT2D eigenvalue weighted by molar-refractivity contribution is 6.31. The van der Waals surface area contributed by atoms with E-state index in [0.717, 1.165) is 60.4 Å². The zero-order valence-electron chi connectivity index (χ0n) is 43.8. The van der Waals surface area contributed by atoms with E-state index >= 15 is 0 Å². The third-order valence-corrected chi connectivity index (χ3v) is 12.2. The maximum atomic E-state index is 13.4. The Morgan fingerprint density at radius 3 is 1.41 bits per heavy atom. The molecule has 0 unspecified atom stereocenters. The Balaban J connectivity index is 0.000000256. The van der Waals surface area contributed by atoms with Crippen LogP contribution in [0.4, 0.5) is 44.3 Å². The molecule has 6 rings (SSSR count). The van der Waals surface area contributed by atoms with E-state index in [1.807, 2.05) is 20.8 Å². The van der Waals surface area contributed by atoms with E-state index in [2.05, 4.69) is 10.9 Å². The summed E-state index contributed by atoms with van der Waals surface area (Å²) in [4.78, 5) is 89.1. The summed E-state index contributed by atoms with van der Waals surface area (Å²) in [5.74, 6) is -4.04. The Morgan fingerprint density at radius 1 is 0.590 bits per heavy atom. The number of hydrogen-bond acceptors (Lipinski definition) is 13. The molecule has 2 N–H and O–H groups in total. The summed E-state index contributed by atoms with van der Waals surface area (Å²) in [5, 5.41) is 0.208. The van der Waals surface area contributed by atoms with Crippen molar-refractivity contribution in [2.75, 3.05) is 55.7 Å². The van der Waals surface area contributed by atoms with Gasteiger partial charge in [-0.05, 0) is 60.8 Å². The van der Waals surface area contributed by atoms with Gasteiger partial charge in [0, 0.05) is 18.5 Å². The molecular formula is C47H60Cl2F9N9O11. The zero-order chi connectivity index (χ0) is 59.0. The smallest absolute Gasteiger partial charge is 0.431 e. The fourth-order valence-corrected chi connectivity index (χ4v) is 7.45. The lowest BCUT2D eigenvalue weighted by molar-refractivity contribution is -0.173. The van der Waals surface area contributed by atoms with Crippen molar-refractivity contribution < 1.29 is 77.6 Å². The lowest BCUT2D eigenvalue weighted by atomic mass is 10.2. The van der Waals surface area contributed by atoms with Crippen LogP contribution in [0.1, 0.15) is 132 Å². The Kier molecular flexibility index (Phi) is 21.3. The molecule has 0 bridgehead atoms. The average molecular weight is 1170 g/mol. The Bertz CT molecular complexity index is 2840. The van der Waals surface area contributed by atoms with Gasteiger partial charge < -0.3 is 44.5 Å². The van der Waals surface area contributed by atoms with Crippen molar-refractivity contribution in [1.82, 2.24) is 28.7 Å². The Labute approximate surface area is 450 Å². The molecule has 3 atom stereocenters. The van der Waals surface area contributed by atoms with Crippen LogP contribution in [0, 0.1) is 0 Å². The van der Waals surface area contributed by atoms with Crippen LogP contribution in [-0.4, -0.2) is 135 Å². The first-order valence-corrected chi connectivity index (χ1v) is 25.1. The first-order chi connectivity index (χ1) is 36.1. The van der Waals surface area contributed by atoms with Crippen molar-refractivity contribution in [2.24, 2.45) is 0 Å². The summed E-state index contributed by atoms with van der Waals surface area (Å²) in [6.07, 6.45) is -7.38. The maximum Gasteiger partial charge on any atom is 0.431 e. The number of nitrogens with one attached hydrogen (secondary N) is 2. The second kappa shape index (κ2) is 26.0. The molecule has 0 spiro atoms. The molecule has 0 aliphatic carbocycles. The molecular weight excluding hydrogens is 1110 g/mol. The number of carbonyl (C=O) groups is 4. The molecule has 3 aromatic rings. The molecule has 0 aromatic carbocycles. The number of amides is 4. The van der Waals surface area contributed by atoms with Crippen molar-refractivity contribution in [1.29, 1.82) is 0 Å². The quantitative estimate of drug-likeness (QED) is 0.108. The summed E-state index contributed by atoms with van der Waals surface area (Å²) in [6, 6.07) is -5.03. The second-order valence-electron chi connectivity index (χ2n) is 18.6. The number of rotatable bonds is 15. The normalized spacial score (nSPS) is 15.7. The number of aromatic nitrogens is 3. The van der Waals surface area contributed by atoms with Gasteiger partial charge in [-0.15, -0.1) is 0 Å². The third-order valence-electron chi connectivity index (χ3n) is 11.7. The number of alkyl halides is 9. The molecule has 31 heteroatoms. The van der Waals surface area contributed by atoms with Gasteiger partial charge in [0.2, 0.25) is 16.3 Å². The van der Waals surface area contributed by atoms with Gasteiger partial charge in [0.25, 0.3) is 17.7 Å². The summed E-state index contributed by atoms with van der Waals surface area (Å²) >= 11 is 11.8. The highest BCUT2D eigenvalue weighted by Gasteiger charge is 2.49. The Morgan fingerprint density at radius 2 is 0.974 bits per heavy atom. The van der Waals surface area contributed by atoms with Crippen LogP contribution >= 0.6 is 23.2 Å². The topological polar surface area (TPSA) is 208 Å². The van der Waals surface area contributed by atoms with E-state index < -0.39 is 100 Å². The number of unbranched alkanes of at least 4 members (excludes halogenated alkanes) is 3. The summed E-state index contributed by atoms with van der Waals surface area (Å²) in [5.41, 5.74) is 1.15. The molecule has 0 radical (unpaired) electrons. The van der Waals surface area contributed by atoms with Crippen LogP contribution in [-0.2, 0) is 4.74 Å². The van der Waals surface area contributed by atoms with Gasteiger partial charge in [0.05, 0.1) is 26.0 Å². The molecule has 436 valence electrons. The number of halogens is 11. The number of pyridine rings is 3. The minimum absolute atomic E-state index is 0.0353. The maximum absolute atomic E-state index is 13.4. The third kappa shape index (κ3) is 15.2. The Hall–Kier alpha value is -6.52. The lowest BCUT2D eigenvalue weighted by Crippen LogP contribution is -2.61. The van der Waals surface area contributed by atoms with E-state index in [-0.39, 0.29) is 66.1 Å². The zero-order valence-corrected chi connectivity index (χ0v) is 45.3. The molecule has 3 aliphatic rings. The van der Waals surface area contributed by atoms with Gasteiger partial charge >= 0.3 is 24.6 Å². The van der Waals surface area contributed by atoms with Crippen LogP contribution in [0.25, 0.3) is 0 Å². The standard InChI is InChI=1S/C19H25ClF3N3O5.C14H17ClF3N3O3.C14H18F3N3O3/c1-6-7-8-30-15-13-16(28)24(11(2)19(21,22)23)10-26(17(29)31-18(3,4)5)25(13)9-12(20)14(15)27;1-3-4-5-24-12-10-13(23)20(8(2)14(16,17)18)7-19-21(10)6-9(15)11(12)22;1-3-4-7-23-12-10(21)5-6-20-11(12)13(22)19(8-18-20)9(2)14(15,16)17/h9,11H,6-8,10H2,1-5H3;6,8,19H,3-5,7H2,1-2H3;5-6,9,18H,3-4,7-8H2,1-2H3/t11-;8-;9-/m111/s1. The van der Waals surface area contributed by atoms with Crippen molar-refractivity contribution >= 4 is 47.0 Å². The number of hydrogen-bond donors (Lipinski definition) is 2. The molecule has 0 fully saturated rings. The molecule has 78 heavy (non-hydrogen) atoms. The van der Waals surface area contributed by atoms with Gasteiger partial charge in [-0.3, -0.25) is 38.1 Å². The van der Waals surface area contributed by atoms with Gasteiger partial charge in [-0.1, -0.05) is 63.2 Å². The van der Waals surface area contributed by atoms with Crippen molar-refractivity contribution in [3.05, 3.63) is 82.5 Å². The highest BCUT2D eigenvalue weighted by Crippen LogP contribution is 2.33. The second-order valence-corrected chi connectivity index (χ2v) is 19.5. The van der Waals surface area contributed by atoms with E-state index in [1.165, 1.54) is 16.9 Å². The minimum atomic E-state index is -4.77. The molecule has 4 amide bonds. The predicted molar refractivity (Wildman–Crippen MR) is 266 cm³/mol. The van der Waals surface area contributed by atoms with Gasteiger partial charge in [-0.2, -0.15) is 44.5 Å². The number of fused-ring (bicyclic) bond motifs is 3. The van der Waals surface area contributed by atoms with Crippen LogP contribution in [0.3, 0.4) is 0 Å². The van der Waals surface area contributed by atoms with Crippen molar-refractivity contribution in [2.45, 2.75) is 143 Å². The number of carbonyl (C=O) groups excluding carboxylic acids is 4. The number of nitrogens with zero attached hydrogens (tertiary/aromatic N) is 7. The highest BCUT2D eigenvalue weighted by atomic mass is 35.5. The van der Waals surface area contributed by atoms with Crippen LogP contribution in [0.5, 0.6) is 17.2 Å². The van der Waals surface area contributed by atoms with Crippen molar-refractivity contribution in [3.8, 4) is 17.2 Å². The molecule has 0 saturated carbocycles. The van der Waals surface area contributed by atoms with Crippen LogP contribution < -0.4 is 46.4 Å². The van der Waals surface area contributed by atoms with Crippen LogP contribution in [0.15, 0.2) is 39.0 Å². The first kappa shape index (κ1) is 64.0. The molecule has 6 heterocycles. The molecule has 20 nitrogen and oxygen atoms in total. The predicted octanol–water partition coefficient (Wildman–Crippen LogP) is 8.44. The van der Waals surface area contributed by atoms with Gasteiger partial charge in [0.15, 0.2) is 34.3 Å². The monoisotopic (exact) mass is 1170 g/mol. The van der Waals surface area contributed by atoms with E-state index in [1.54, 1.807) is 20.8 Å². The van der Waals surface area contributed by atoms with Gasteiger partial charge in [-0.25, -0.2) is 9.47 Å². The summed E-state index contributed by atoms with van der Waals surface area (Å²) in [7, 11) is 0. The van der Waals surface area contributed by atoms with E-state index in [9.17, 15) is 73.1 Å². The van der Waals surface area contributed by atoms with Crippen molar-refractivity contribution in [3.63, 3.8) is 0 Å². The summed E-state index contributed by atoms with van der Waals surface area (Å²) in [6.45, 7) is 11.9. The lowest BCUT2D eigenvalue weighted by Gasteiger charge is -2.41. The minimum Gasteiger partial charge on any atom is -0.487 e. The molecule has 0 saturated heterocycles. The molecule has 3 aromatic heterocycles.